The molecule has 1 amide bonds. The van der Waals surface area contributed by atoms with Crippen LogP contribution in [0.1, 0.15) is 22.7 Å². The molecule has 200 valence electrons. The molecule has 1 N–H and O–H groups in total. The quantitative estimate of drug-likeness (QED) is 0.375. The van der Waals surface area contributed by atoms with E-state index in [1.165, 1.54) is 12.1 Å². The number of rotatable bonds is 6. The van der Waals surface area contributed by atoms with E-state index in [0.717, 1.165) is 4.57 Å². The van der Waals surface area contributed by atoms with Crippen molar-refractivity contribution in [2.24, 2.45) is 12.0 Å². The summed E-state index contributed by atoms with van der Waals surface area (Å²) in [5, 5.41) is 6.92. The summed E-state index contributed by atoms with van der Waals surface area (Å²) in [6.45, 7) is -0.550. The molecular weight excluding hydrogens is 506 g/mol. The summed E-state index contributed by atoms with van der Waals surface area (Å²) in [7, 11) is 3.60. The molecule has 0 radical (unpaired) electrons. The SMILES string of the molecule is CN1CC/C(=N\c2cccc3c2cc(-c2noc(CNC(=O)c4ccn(C)c4)n2)n3CC(F)(F)F)[C@@H](F)C1. The second kappa shape index (κ2) is 10.0. The lowest BCUT2D eigenvalue weighted by atomic mass is 10.1. The molecule has 13 heteroatoms. The van der Waals surface area contributed by atoms with Gasteiger partial charge in [0.2, 0.25) is 11.7 Å². The number of amides is 1. The number of benzene rings is 1. The lowest BCUT2D eigenvalue weighted by molar-refractivity contribution is -0.139. The molecular formula is C25H25F4N7O2. The summed E-state index contributed by atoms with van der Waals surface area (Å²) in [4.78, 5) is 22.9. The van der Waals surface area contributed by atoms with E-state index in [-0.39, 0.29) is 41.9 Å². The van der Waals surface area contributed by atoms with Crippen molar-refractivity contribution >= 4 is 28.2 Å². The summed E-state index contributed by atoms with van der Waals surface area (Å²) in [6, 6.07) is 7.91. The van der Waals surface area contributed by atoms with Gasteiger partial charge < -0.3 is 23.9 Å². The molecule has 1 aliphatic rings. The maximum Gasteiger partial charge on any atom is 0.406 e. The Balaban J connectivity index is 1.47. The van der Waals surface area contributed by atoms with Crippen LogP contribution >= 0.6 is 0 Å². The largest absolute Gasteiger partial charge is 0.406 e. The predicted octanol–water partition coefficient (Wildman–Crippen LogP) is 4.27. The zero-order chi connectivity index (χ0) is 27.0. The number of carbonyl (C=O) groups excluding carboxylic acids is 1. The van der Waals surface area contributed by atoms with Gasteiger partial charge in [0, 0.05) is 44.3 Å². The van der Waals surface area contributed by atoms with Crippen molar-refractivity contribution in [1.29, 1.82) is 0 Å². The van der Waals surface area contributed by atoms with E-state index in [4.69, 9.17) is 4.52 Å². The third-order valence-electron chi connectivity index (χ3n) is 6.30. The highest BCUT2D eigenvalue weighted by atomic mass is 19.4. The second-order valence-electron chi connectivity index (χ2n) is 9.28. The normalized spacial score (nSPS) is 17.9. The summed E-state index contributed by atoms with van der Waals surface area (Å²) in [5.74, 6) is -0.406. The lowest BCUT2D eigenvalue weighted by Crippen LogP contribution is -2.39. The molecule has 1 saturated heterocycles. The number of halogens is 4. The minimum Gasteiger partial charge on any atom is -0.356 e. The van der Waals surface area contributed by atoms with E-state index in [2.05, 4.69) is 20.4 Å². The number of aromatic nitrogens is 4. The third-order valence-corrected chi connectivity index (χ3v) is 6.30. The first-order valence-electron chi connectivity index (χ1n) is 11.9. The molecule has 0 unspecified atom stereocenters. The van der Waals surface area contributed by atoms with Crippen LogP contribution in [0.3, 0.4) is 0 Å². The first-order chi connectivity index (χ1) is 18.1. The van der Waals surface area contributed by atoms with Gasteiger partial charge in [0.25, 0.3) is 5.91 Å². The van der Waals surface area contributed by atoms with Gasteiger partial charge >= 0.3 is 6.18 Å². The van der Waals surface area contributed by atoms with Crippen molar-refractivity contribution in [2.75, 3.05) is 20.1 Å². The monoisotopic (exact) mass is 531 g/mol. The molecule has 0 spiro atoms. The van der Waals surface area contributed by atoms with Gasteiger partial charge in [-0.15, -0.1) is 0 Å². The molecule has 1 fully saturated rings. The molecule has 38 heavy (non-hydrogen) atoms. The van der Waals surface area contributed by atoms with Gasteiger partial charge in [-0.1, -0.05) is 11.2 Å². The minimum atomic E-state index is -4.53. The number of nitrogens with zero attached hydrogens (tertiary/aromatic N) is 6. The standard InChI is InChI=1S/C25H25F4N7O2/c1-34-8-6-15(12-34)24(37)30-11-22-32-23(33-38-22)21-10-16-18(31-19-7-9-35(2)13-17(19)26)4-3-5-20(16)36(21)14-25(27,28)29/h3-6,8,10,12,17H,7,9,11,13-14H2,1-2H3,(H,30,37)/b31-19+/t17-/m0/s1. The zero-order valence-corrected chi connectivity index (χ0v) is 20.7. The van der Waals surface area contributed by atoms with Gasteiger partial charge in [0.05, 0.1) is 34.7 Å². The molecule has 5 rings (SSSR count). The second-order valence-corrected chi connectivity index (χ2v) is 9.28. The highest BCUT2D eigenvalue weighted by molar-refractivity contribution is 5.99. The Hall–Kier alpha value is -4.00. The Labute approximate surface area is 214 Å². The minimum absolute atomic E-state index is 0.0279. The van der Waals surface area contributed by atoms with Crippen molar-refractivity contribution < 1.29 is 26.9 Å². The van der Waals surface area contributed by atoms with Gasteiger partial charge in [0.15, 0.2) is 6.17 Å². The van der Waals surface area contributed by atoms with Crippen LogP contribution in [0.25, 0.3) is 22.4 Å². The average Bonchev–Trinajstić information content (AvgIpc) is 3.58. The van der Waals surface area contributed by atoms with E-state index in [0.29, 0.717) is 35.3 Å². The van der Waals surface area contributed by atoms with E-state index >= 15 is 0 Å². The molecule has 0 bridgehead atoms. The van der Waals surface area contributed by atoms with Gasteiger partial charge in [0.1, 0.15) is 6.54 Å². The van der Waals surface area contributed by atoms with Crippen molar-refractivity contribution in [3.8, 4) is 11.5 Å². The molecule has 1 aromatic carbocycles. The summed E-state index contributed by atoms with van der Waals surface area (Å²) < 4.78 is 63.3. The Morgan fingerprint density at radius 1 is 1.26 bits per heavy atom. The Morgan fingerprint density at radius 3 is 2.79 bits per heavy atom. The van der Waals surface area contributed by atoms with Crippen LogP contribution < -0.4 is 5.32 Å². The molecule has 3 aromatic heterocycles. The number of fused-ring (bicyclic) bond motifs is 1. The van der Waals surface area contributed by atoms with Gasteiger partial charge in [-0.25, -0.2) is 4.39 Å². The van der Waals surface area contributed by atoms with Crippen molar-refractivity contribution in [3.63, 3.8) is 0 Å². The van der Waals surface area contributed by atoms with Crippen molar-refractivity contribution in [3.05, 3.63) is 54.2 Å². The number of aryl methyl sites for hydroxylation is 1. The summed E-state index contributed by atoms with van der Waals surface area (Å²) >= 11 is 0. The molecule has 1 atom stereocenters. The van der Waals surface area contributed by atoms with Gasteiger partial charge in [-0.3, -0.25) is 9.79 Å². The van der Waals surface area contributed by atoms with Crippen LogP contribution in [0.15, 0.2) is 52.2 Å². The number of aliphatic imine (C=N–C) groups is 1. The van der Waals surface area contributed by atoms with Crippen LogP contribution in [0, 0.1) is 0 Å². The summed E-state index contributed by atoms with van der Waals surface area (Å²) in [6.07, 6.45) is -2.00. The van der Waals surface area contributed by atoms with Crippen LogP contribution in [0.5, 0.6) is 0 Å². The maximum absolute atomic E-state index is 14.6. The molecule has 0 saturated carbocycles. The van der Waals surface area contributed by atoms with E-state index in [1.54, 1.807) is 42.2 Å². The lowest BCUT2D eigenvalue weighted by Gasteiger charge is -2.26. The van der Waals surface area contributed by atoms with Crippen LogP contribution in [0.4, 0.5) is 23.2 Å². The van der Waals surface area contributed by atoms with Crippen LogP contribution in [0.2, 0.25) is 0 Å². The van der Waals surface area contributed by atoms with Gasteiger partial charge in [-0.05, 0) is 31.3 Å². The van der Waals surface area contributed by atoms with Crippen molar-refractivity contribution in [2.45, 2.75) is 31.9 Å². The van der Waals surface area contributed by atoms with Gasteiger partial charge in [-0.2, -0.15) is 18.2 Å². The Bertz CT molecular complexity index is 1500. The fourth-order valence-electron chi connectivity index (χ4n) is 4.44. The number of hydrogen-bond donors (Lipinski definition) is 1. The first kappa shape index (κ1) is 25.6. The molecule has 1 aliphatic heterocycles. The highest BCUT2D eigenvalue weighted by Gasteiger charge is 2.31. The fraction of sp³-hybridized carbons (Fsp3) is 0.360. The maximum atomic E-state index is 14.6. The predicted molar refractivity (Wildman–Crippen MR) is 132 cm³/mol. The average molecular weight is 532 g/mol. The summed E-state index contributed by atoms with van der Waals surface area (Å²) in [5.41, 5.74) is 1.48. The Morgan fingerprint density at radius 2 is 2.08 bits per heavy atom. The van der Waals surface area contributed by atoms with Crippen LogP contribution in [-0.4, -0.2) is 68.3 Å². The van der Waals surface area contributed by atoms with Crippen molar-refractivity contribution in [1.82, 2.24) is 29.5 Å². The first-order valence-corrected chi connectivity index (χ1v) is 11.9. The molecule has 4 heterocycles. The Kier molecular flexibility index (Phi) is 6.78. The number of alkyl halides is 4. The number of likely N-dealkylation sites (tertiary alicyclic amines) is 1. The molecule has 0 aliphatic carbocycles. The van der Waals surface area contributed by atoms with Crippen LogP contribution in [-0.2, 0) is 20.1 Å². The zero-order valence-electron chi connectivity index (χ0n) is 20.7. The smallest absolute Gasteiger partial charge is 0.356 e. The van der Waals surface area contributed by atoms with E-state index in [9.17, 15) is 22.4 Å². The van der Waals surface area contributed by atoms with E-state index in [1.807, 2.05) is 11.9 Å². The number of nitrogens with one attached hydrogen (secondary N) is 1. The third kappa shape index (κ3) is 5.47. The van der Waals surface area contributed by atoms with E-state index < -0.39 is 18.9 Å². The topological polar surface area (TPSA) is 93.5 Å². The number of piperidine rings is 1. The highest BCUT2D eigenvalue weighted by Crippen LogP contribution is 2.35. The molecule has 4 aromatic rings. The number of hydrogen-bond acceptors (Lipinski definition) is 6. The fourth-order valence-corrected chi connectivity index (χ4v) is 4.44. The number of carbonyl (C=O) groups is 1. The molecule has 9 nitrogen and oxygen atoms in total.